The van der Waals surface area contributed by atoms with E-state index in [-0.39, 0.29) is 47.1 Å². The maximum atomic E-state index is 13.1. The Morgan fingerprint density at radius 3 is 2.43 bits per heavy atom. The first-order chi connectivity index (χ1) is 16.9. The number of hydrogen-bond donors (Lipinski definition) is 1. The summed E-state index contributed by atoms with van der Waals surface area (Å²) in [6.45, 7) is 4.27. The molecular weight excluding hydrogens is 478 g/mol. The summed E-state index contributed by atoms with van der Waals surface area (Å²) in [5, 5.41) is 2.93. The quantitative estimate of drug-likeness (QED) is 0.274. The molecule has 2 aromatic carbocycles. The molecule has 1 aromatic heterocycles. The van der Waals surface area contributed by atoms with Crippen LogP contribution in [-0.4, -0.2) is 28.5 Å². The molecule has 0 spiro atoms. The Morgan fingerprint density at radius 2 is 1.77 bits per heavy atom. The molecule has 2 heterocycles. The van der Waals surface area contributed by atoms with E-state index in [4.69, 9.17) is 0 Å². The van der Waals surface area contributed by atoms with Crippen LogP contribution in [0.2, 0.25) is 0 Å². The Labute approximate surface area is 211 Å². The van der Waals surface area contributed by atoms with Crippen molar-refractivity contribution in [1.82, 2.24) is 4.98 Å². The third-order valence-corrected chi connectivity index (χ3v) is 9.43. The van der Waals surface area contributed by atoms with Gasteiger partial charge in [-0.25, -0.2) is 9.88 Å². The van der Waals surface area contributed by atoms with Crippen LogP contribution in [0.25, 0.3) is 10.2 Å². The van der Waals surface area contributed by atoms with E-state index in [1.165, 1.54) is 33.6 Å². The second-order valence-corrected chi connectivity index (χ2v) is 12.0. The number of nitrogens with zero attached hydrogens (tertiary/aromatic N) is 2. The molecule has 1 aliphatic heterocycles. The largest absolute Gasteiger partial charge is 0.325 e. The summed E-state index contributed by atoms with van der Waals surface area (Å²) in [6.07, 6.45) is 5.13. The molecule has 3 amide bonds. The molecule has 2 aliphatic carbocycles. The highest BCUT2D eigenvalue weighted by Crippen LogP contribution is 2.53. The number of carbonyl (C=O) groups is 3. The Kier molecular flexibility index (Phi) is 5.53. The standard InChI is InChI=1S/C27H25N3O3S2/c1-14(2)15-5-7-18(8-6-15)28-22(31)13-34-27-29-20-10-9-19(12-21(20)35-27)30-25(32)23-16-3-4-17(11-16)24(23)26(30)33/h3-10,12,14,16-17,23-24H,11,13H2,1-2H3,(H,28,31)/t16-,17-,23-,24+/m0/s1. The van der Waals surface area contributed by atoms with Crippen molar-refractivity contribution in [3.05, 3.63) is 60.2 Å². The average Bonchev–Trinajstić information content (AvgIpc) is 3.60. The number of amides is 3. The highest BCUT2D eigenvalue weighted by Gasteiger charge is 2.59. The van der Waals surface area contributed by atoms with Gasteiger partial charge in [0.1, 0.15) is 0 Å². The van der Waals surface area contributed by atoms with Crippen molar-refractivity contribution < 1.29 is 14.4 Å². The number of benzene rings is 2. The van der Waals surface area contributed by atoms with Crippen molar-refractivity contribution in [2.75, 3.05) is 16.0 Å². The van der Waals surface area contributed by atoms with Gasteiger partial charge in [0, 0.05) is 5.69 Å². The summed E-state index contributed by atoms with van der Waals surface area (Å²) in [5.74, 6) is 0.435. The van der Waals surface area contributed by atoms with Crippen LogP contribution in [0.5, 0.6) is 0 Å². The second-order valence-electron chi connectivity index (χ2n) is 9.76. The lowest BCUT2D eigenvalue weighted by Gasteiger charge is -2.17. The van der Waals surface area contributed by atoms with Crippen LogP contribution in [0.1, 0.15) is 31.7 Å². The van der Waals surface area contributed by atoms with Crippen molar-refractivity contribution in [2.24, 2.45) is 23.7 Å². The lowest BCUT2D eigenvalue weighted by atomic mass is 9.85. The monoisotopic (exact) mass is 503 g/mol. The molecule has 3 aromatic rings. The van der Waals surface area contributed by atoms with E-state index >= 15 is 0 Å². The summed E-state index contributed by atoms with van der Waals surface area (Å²) in [4.78, 5) is 44.7. The first kappa shape index (κ1) is 22.5. The molecular formula is C27H25N3O3S2. The molecule has 2 bridgehead atoms. The summed E-state index contributed by atoms with van der Waals surface area (Å²) in [7, 11) is 0. The number of thiazole rings is 1. The molecule has 2 fully saturated rings. The van der Waals surface area contributed by atoms with Gasteiger partial charge >= 0.3 is 0 Å². The van der Waals surface area contributed by atoms with Gasteiger partial charge in [-0.15, -0.1) is 11.3 Å². The van der Waals surface area contributed by atoms with Crippen LogP contribution in [0.15, 0.2) is 59.0 Å². The van der Waals surface area contributed by atoms with Crippen molar-refractivity contribution in [3.8, 4) is 0 Å². The van der Waals surface area contributed by atoms with Crippen LogP contribution < -0.4 is 10.2 Å². The highest BCUT2D eigenvalue weighted by molar-refractivity contribution is 8.01. The fourth-order valence-corrected chi connectivity index (χ4v) is 7.43. The topological polar surface area (TPSA) is 79.4 Å². The molecule has 1 saturated carbocycles. The summed E-state index contributed by atoms with van der Waals surface area (Å²) < 4.78 is 1.68. The van der Waals surface area contributed by atoms with Crippen LogP contribution in [0.4, 0.5) is 11.4 Å². The fourth-order valence-electron chi connectivity index (χ4n) is 5.53. The number of imide groups is 1. The third kappa shape index (κ3) is 3.89. The van der Waals surface area contributed by atoms with Gasteiger partial charge in [0.05, 0.1) is 33.5 Å². The molecule has 6 nitrogen and oxygen atoms in total. The zero-order chi connectivity index (χ0) is 24.3. The zero-order valence-corrected chi connectivity index (χ0v) is 21.1. The molecule has 4 atom stereocenters. The minimum absolute atomic E-state index is 0.0755. The van der Waals surface area contributed by atoms with E-state index in [1.54, 1.807) is 6.07 Å². The number of nitrogens with one attached hydrogen (secondary N) is 1. The maximum Gasteiger partial charge on any atom is 0.238 e. The van der Waals surface area contributed by atoms with Crippen LogP contribution in [-0.2, 0) is 14.4 Å². The van der Waals surface area contributed by atoms with E-state index in [0.29, 0.717) is 11.6 Å². The summed E-state index contributed by atoms with van der Waals surface area (Å²) in [6, 6.07) is 13.4. The molecule has 3 aliphatic rings. The van der Waals surface area contributed by atoms with Gasteiger partial charge in [-0.05, 0) is 60.1 Å². The zero-order valence-electron chi connectivity index (χ0n) is 19.4. The first-order valence-corrected chi connectivity index (χ1v) is 13.7. The lowest BCUT2D eigenvalue weighted by molar-refractivity contribution is -0.123. The average molecular weight is 504 g/mol. The lowest BCUT2D eigenvalue weighted by Crippen LogP contribution is -2.32. The van der Waals surface area contributed by atoms with Crippen molar-refractivity contribution >= 4 is 62.4 Å². The Hall–Kier alpha value is -2.97. The second kappa shape index (κ2) is 8.60. The predicted molar refractivity (Wildman–Crippen MR) is 140 cm³/mol. The van der Waals surface area contributed by atoms with Crippen molar-refractivity contribution in [3.63, 3.8) is 0 Å². The first-order valence-electron chi connectivity index (χ1n) is 11.9. The van der Waals surface area contributed by atoms with Gasteiger partial charge in [-0.2, -0.15) is 0 Å². The SMILES string of the molecule is CC(C)c1ccc(NC(=O)CSc2nc3ccc(N4C(=O)[C@@H]5[C@H](C4=O)[C@H]4C=C[C@H]5C4)cc3s2)cc1. The van der Waals surface area contributed by atoms with Gasteiger partial charge < -0.3 is 5.32 Å². The van der Waals surface area contributed by atoms with Gasteiger partial charge in [-0.3, -0.25) is 14.4 Å². The molecule has 1 saturated heterocycles. The van der Waals surface area contributed by atoms with Crippen LogP contribution in [0.3, 0.4) is 0 Å². The predicted octanol–water partition coefficient (Wildman–Crippen LogP) is 5.46. The van der Waals surface area contributed by atoms with E-state index in [9.17, 15) is 14.4 Å². The number of aromatic nitrogens is 1. The number of rotatable bonds is 6. The minimum atomic E-state index is -0.208. The maximum absolute atomic E-state index is 13.1. The van der Waals surface area contributed by atoms with Crippen LogP contribution >= 0.6 is 23.1 Å². The third-order valence-electron chi connectivity index (χ3n) is 7.27. The molecule has 0 unspecified atom stereocenters. The minimum Gasteiger partial charge on any atom is -0.325 e. The number of anilines is 2. The highest BCUT2D eigenvalue weighted by atomic mass is 32.2. The number of thioether (sulfide) groups is 1. The summed E-state index contributed by atoms with van der Waals surface area (Å²) >= 11 is 2.85. The van der Waals surface area contributed by atoms with E-state index in [2.05, 4.69) is 36.3 Å². The fraction of sp³-hybridized carbons (Fsp3) is 0.333. The van der Waals surface area contributed by atoms with E-state index < -0.39 is 0 Å². The Bertz CT molecular complexity index is 1350. The van der Waals surface area contributed by atoms with E-state index in [1.807, 2.05) is 36.4 Å². The smallest absolute Gasteiger partial charge is 0.238 e. The molecule has 8 heteroatoms. The Balaban J connectivity index is 1.13. The number of allylic oxidation sites excluding steroid dienone is 2. The number of carbonyl (C=O) groups excluding carboxylic acids is 3. The van der Waals surface area contributed by atoms with Gasteiger partial charge in [0.15, 0.2) is 4.34 Å². The Morgan fingerprint density at radius 1 is 1.09 bits per heavy atom. The van der Waals surface area contributed by atoms with Crippen molar-refractivity contribution in [1.29, 1.82) is 0 Å². The van der Waals surface area contributed by atoms with E-state index in [0.717, 1.165) is 26.7 Å². The van der Waals surface area contributed by atoms with Gasteiger partial charge in [-0.1, -0.05) is 49.9 Å². The summed E-state index contributed by atoms with van der Waals surface area (Å²) in [5.41, 5.74) is 3.43. The normalized spacial score (nSPS) is 24.7. The number of fused-ring (bicyclic) bond motifs is 6. The molecule has 6 rings (SSSR count). The molecule has 0 radical (unpaired) electrons. The number of hydrogen-bond acceptors (Lipinski definition) is 6. The van der Waals surface area contributed by atoms with Gasteiger partial charge in [0.25, 0.3) is 0 Å². The molecule has 1 N–H and O–H groups in total. The van der Waals surface area contributed by atoms with Crippen molar-refractivity contribution in [2.45, 2.75) is 30.5 Å². The van der Waals surface area contributed by atoms with Gasteiger partial charge in [0.2, 0.25) is 17.7 Å². The molecule has 35 heavy (non-hydrogen) atoms. The van der Waals surface area contributed by atoms with Crippen LogP contribution in [0, 0.1) is 23.7 Å². The molecule has 178 valence electrons.